The Kier molecular flexibility index (Phi) is 4.74. The molecule has 0 bridgehead atoms. The van der Waals surface area contributed by atoms with E-state index in [4.69, 9.17) is 4.74 Å². The van der Waals surface area contributed by atoms with E-state index in [-0.39, 0.29) is 5.91 Å². The highest BCUT2D eigenvalue weighted by molar-refractivity contribution is 5.76. The predicted octanol–water partition coefficient (Wildman–Crippen LogP) is 4.03. The first-order valence-corrected chi connectivity index (χ1v) is 7.91. The Bertz CT molecular complexity index is 601. The van der Waals surface area contributed by atoms with E-state index < -0.39 is 0 Å². The average molecular weight is 295 g/mol. The first kappa shape index (κ1) is 14.6. The fourth-order valence-electron chi connectivity index (χ4n) is 2.72. The van der Waals surface area contributed by atoms with Crippen LogP contribution in [0.2, 0.25) is 0 Å². The lowest BCUT2D eigenvalue weighted by molar-refractivity contribution is -0.130. The Morgan fingerprint density at radius 3 is 2.23 bits per heavy atom. The smallest absolute Gasteiger partial charge is 0.222 e. The van der Waals surface area contributed by atoms with Crippen molar-refractivity contribution in [3.05, 3.63) is 60.2 Å². The Morgan fingerprint density at radius 2 is 1.55 bits per heavy atom. The lowest BCUT2D eigenvalue weighted by Crippen LogP contribution is -2.27. The van der Waals surface area contributed by atoms with Gasteiger partial charge >= 0.3 is 0 Å². The summed E-state index contributed by atoms with van der Waals surface area (Å²) in [5.74, 6) is 1.93. The summed E-state index contributed by atoms with van der Waals surface area (Å²) in [6, 6.07) is 17.7. The van der Waals surface area contributed by atoms with E-state index in [9.17, 15) is 4.79 Å². The molecule has 114 valence electrons. The van der Waals surface area contributed by atoms with Gasteiger partial charge in [-0.3, -0.25) is 4.79 Å². The summed E-state index contributed by atoms with van der Waals surface area (Å²) in [5, 5.41) is 0. The number of carbonyl (C=O) groups excluding carboxylic acids is 1. The van der Waals surface area contributed by atoms with E-state index in [0.29, 0.717) is 6.42 Å². The van der Waals surface area contributed by atoms with E-state index in [0.717, 1.165) is 43.9 Å². The van der Waals surface area contributed by atoms with E-state index in [1.54, 1.807) is 0 Å². The van der Waals surface area contributed by atoms with Crippen LogP contribution in [0.1, 0.15) is 24.8 Å². The normalized spacial score (nSPS) is 14.1. The van der Waals surface area contributed by atoms with Gasteiger partial charge in [-0.15, -0.1) is 0 Å². The summed E-state index contributed by atoms with van der Waals surface area (Å²) in [7, 11) is 0. The van der Waals surface area contributed by atoms with Crippen molar-refractivity contribution >= 4 is 5.91 Å². The van der Waals surface area contributed by atoms with Crippen molar-refractivity contribution in [3.8, 4) is 11.5 Å². The van der Waals surface area contributed by atoms with E-state index in [1.807, 2.05) is 59.5 Å². The number of carbonyl (C=O) groups is 1. The van der Waals surface area contributed by atoms with Crippen LogP contribution in [0.4, 0.5) is 0 Å². The lowest BCUT2D eigenvalue weighted by Gasteiger charge is -2.15. The maximum Gasteiger partial charge on any atom is 0.222 e. The van der Waals surface area contributed by atoms with Gasteiger partial charge < -0.3 is 9.64 Å². The summed E-state index contributed by atoms with van der Waals surface area (Å²) in [6.45, 7) is 1.87. The first-order valence-electron chi connectivity index (χ1n) is 7.91. The molecule has 3 heteroatoms. The van der Waals surface area contributed by atoms with Gasteiger partial charge in [-0.05, 0) is 49.1 Å². The maximum absolute atomic E-state index is 12.0. The summed E-state index contributed by atoms with van der Waals surface area (Å²) in [6.07, 6.45) is 3.69. The van der Waals surface area contributed by atoms with Crippen LogP contribution in [0.3, 0.4) is 0 Å². The van der Waals surface area contributed by atoms with Crippen LogP contribution in [0.5, 0.6) is 11.5 Å². The number of nitrogens with zero attached hydrogens (tertiary/aromatic N) is 1. The summed E-state index contributed by atoms with van der Waals surface area (Å²) in [5.41, 5.74) is 1.17. The molecular weight excluding hydrogens is 274 g/mol. The number of hydrogen-bond acceptors (Lipinski definition) is 2. The van der Waals surface area contributed by atoms with Gasteiger partial charge in [0.2, 0.25) is 5.91 Å². The SMILES string of the molecule is O=C(CCc1ccc(Oc2ccccc2)cc1)N1CCCC1. The zero-order chi connectivity index (χ0) is 15.2. The molecule has 1 aliphatic heterocycles. The van der Waals surface area contributed by atoms with Crippen molar-refractivity contribution in [2.75, 3.05) is 13.1 Å². The van der Waals surface area contributed by atoms with Crippen LogP contribution in [0.25, 0.3) is 0 Å². The molecular formula is C19H21NO2. The molecule has 1 heterocycles. The first-order chi connectivity index (χ1) is 10.8. The minimum Gasteiger partial charge on any atom is -0.457 e. The van der Waals surface area contributed by atoms with Crippen molar-refractivity contribution in [1.82, 2.24) is 4.90 Å². The molecule has 0 aromatic heterocycles. The fourth-order valence-corrected chi connectivity index (χ4v) is 2.72. The maximum atomic E-state index is 12.0. The Hall–Kier alpha value is -2.29. The van der Waals surface area contributed by atoms with E-state index in [2.05, 4.69) is 0 Å². The molecule has 0 aliphatic carbocycles. The molecule has 0 radical (unpaired) electrons. The molecule has 0 atom stereocenters. The quantitative estimate of drug-likeness (QED) is 0.833. The van der Waals surface area contributed by atoms with Crippen LogP contribution < -0.4 is 4.74 Å². The molecule has 0 unspecified atom stereocenters. The lowest BCUT2D eigenvalue weighted by atomic mass is 10.1. The molecule has 1 aliphatic rings. The van der Waals surface area contributed by atoms with E-state index >= 15 is 0 Å². The molecule has 0 N–H and O–H groups in total. The van der Waals surface area contributed by atoms with Crippen LogP contribution in [0.15, 0.2) is 54.6 Å². The molecule has 0 spiro atoms. The number of benzene rings is 2. The van der Waals surface area contributed by atoms with E-state index in [1.165, 1.54) is 5.56 Å². The second-order valence-electron chi connectivity index (χ2n) is 5.65. The zero-order valence-corrected chi connectivity index (χ0v) is 12.7. The molecule has 1 saturated heterocycles. The number of amides is 1. The van der Waals surface area contributed by atoms with Crippen molar-refractivity contribution < 1.29 is 9.53 Å². The summed E-state index contributed by atoms with van der Waals surface area (Å²) in [4.78, 5) is 14.0. The number of hydrogen-bond donors (Lipinski definition) is 0. The minimum absolute atomic E-state index is 0.280. The highest BCUT2D eigenvalue weighted by Crippen LogP contribution is 2.21. The summed E-state index contributed by atoms with van der Waals surface area (Å²) >= 11 is 0. The third-order valence-corrected chi connectivity index (χ3v) is 3.99. The topological polar surface area (TPSA) is 29.5 Å². The third kappa shape index (κ3) is 3.88. The van der Waals surface area contributed by atoms with Gasteiger partial charge in [-0.2, -0.15) is 0 Å². The molecule has 2 aromatic rings. The van der Waals surface area contributed by atoms with Gasteiger partial charge in [0.15, 0.2) is 0 Å². The standard InChI is InChI=1S/C19H21NO2/c21-19(20-14-4-5-15-20)13-10-16-8-11-18(12-9-16)22-17-6-2-1-3-7-17/h1-3,6-9,11-12H,4-5,10,13-15H2. The van der Waals surface area contributed by atoms with Crippen molar-refractivity contribution in [2.24, 2.45) is 0 Å². The fraction of sp³-hybridized carbons (Fsp3) is 0.316. The number of aryl methyl sites for hydroxylation is 1. The Labute approximate surface area is 131 Å². The Morgan fingerprint density at radius 1 is 0.909 bits per heavy atom. The molecule has 0 saturated carbocycles. The molecule has 1 fully saturated rings. The van der Waals surface area contributed by atoms with Gasteiger partial charge in [-0.1, -0.05) is 30.3 Å². The third-order valence-electron chi connectivity index (χ3n) is 3.99. The van der Waals surface area contributed by atoms with Crippen molar-refractivity contribution in [2.45, 2.75) is 25.7 Å². The van der Waals surface area contributed by atoms with Crippen molar-refractivity contribution in [3.63, 3.8) is 0 Å². The van der Waals surface area contributed by atoms with Gasteiger partial charge in [-0.25, -0.2) is 0 Å². The highest BCUT2D eigenvalue weighted by atomic mass is 16.5. The van der Waals surface area contributed by atoms with Gasteiger partial charge in [0, 0.05) is 19.5 Å². The van der Waals surface area contributed by atoms with Crippen LogP contribution in [-0.4, -0.2) is 23.9 Å². The molecule has 1 amide bonds. The number of para-hydroxylation sites is 1. The number of rotatable bonds is 5. The second kappa shape index (κ2) is 7.12. The number of ether oxygens (including phenoxy) is 1. The largest absolute Gasteiger partial charge is 0.457 e. The predicted molar refractivity (Wildman–Crippen MR) is 87.1 cm³/mol. The average Bonchev–Trinajstić information content (AvgIpc) is 3.09. The van der Waals surface area contributed by atoms with Crippen LogP contribution >= 0.6 is 0 Å². The van der Waals surface area contributed by atoms with Crippen molar-refractivity contribution in [1.29, 1.82) is 0 Å². The molecule has 3 rings (SSSR count). The minimum atomic E-state index is 0.280. The highest BCUT2D eigenvalue weighted by Gasteiger charge is 2.17. The molecule has 2 aromatic carbocycles. The monoisotopic (exact) mass is 295 g/mol. The van der Waals surface area contributed by atoms with Gasteiger partial charge in [0.05, 0.1) is 0 Å². The van der Waals surface area contributed by atoms with Crippen LogP contribution in [0, 0.1) is 0 Å². The van der Waals surface area contributed by atoms with Crippen LogP contribution in [-0.2, 0) is 11.2 Å². The molecule has 22 heavy (non-hydrogen) atoms. The number of likely N-dealkylation sites (tertiary alicyclic amines) is 1. The zero-order valence-electron chi connectivity index (χ0n) is 12.7. The second-order valence-corrected chi connectivity index (χ2v) is 5.65. The van der Waals surface area contributed by atoms with Gasteiger partial charge in [0.1, 0.15) is 11.5 Å². The Balaban J connectivity index is 1.52. The molecule has 3 nitrogen and oxygen atoms in total. The summed E-state index contributed by atoms with van der Waals surface area (Å²) < 4.78 is 5.77. The van der Waals surface area contributed by atoms with Gasteiger partial charge in [0.25, 0.3) is 0 Å².